The topological polar surface area (TPSA) is 122 Å². The number of rotatable bonds is 9. The van der Waals surface area contributed by atoms with Crippen molar-refractivity contribution < 1.29 is 29.0 Å². The Bertz CT molecular complexity index is 849. The summed E-state index contributed by atoms with van der Waals surface area (Å²) in [7, 11) is 1.25. The highest BCUT2D eigenvalue weighted by atomic mass is 32.2. The molecular weight excluding hydrogens is 444 g/mol. The number of phenolic OH excluding ortho intramolecular Hbond substituents is 1. The number of thioether (sulfide) groups is 1. The van der Waals surface area contributed by atoms with E-state index in [1.165, 1.54) is 26.2 Å². The van der Waals surface area contributed by atoms with Crippen LogP contribution in [0.1, 0.15) is 58.4 Å². The van der Waals surface area contributed by atoms with Crippen LogP contribution in [-0.2, 0) is 30.3 Å². The lowest BCUT2D eigenvalue weighted by Gasteiger charge is -2.38. The van der Waals surface area contributed by atoms with Gasteiger partial charge in [0.2, 0.25) is 11.8 Å². The van der Waals surface area contributed by atoms with Crippen molar-refractivity contribution in [3.8, 4) is 5.75 Å². The van der Waals surface area contributed by atoms with Gasteiger partial charge in [-0.3, -0.25) is 14.4 Å². The highest BCUT2D eigenvalue weighted by molar-refractivity contribution is 8.14. The van der Waals surface area contributed by atoms with E-state index in [0.717, 1.165) is 36.6 Å². The summed E-state index contributed by atoms with van der Waals surface area (Å²) in [6, 6.07) is 5.40. The molecule has 1 aliphatic rings. The molecule has 182 valence electrons. The number of aromatic hydroxyl groups is 1. The molecule has 0 unspecified atom stereocenters. The average Bonchev–Trinajstić information content (AvgIpc) is 2.78. The Morgan fingerprint density at radius 3 is 2.21 bits per heavy atom. The van der Waals surface area contributed by atoms with E-state index in [4.69, 9.17) is 4.74 Å². The molecule has 0 heterocycles. The second-order valence-electron chi connectivity index (χ2n) is 8.83. The summed E-state index contributed by atoms with van der Waals surface area (Å²) in [5.41, 5.74) is -0.413. The van der Waals surface area contributed by atoms with E-state index in [1.807, 2.05) is 13.8 Å². The normalized spacial score (nSPS) is 17.0. The average molecular weight is 479 g/mol. The second-order valence-corrected chi connectivity index (χ2v) is 10.1. The molecule has 1 fully saturated rings. The maximum atomic E-state index is 13.5. The van der Waals surface area contributed by atoms with Gasteiger partial charge in [-0.2, -0.15) is 0 Å². The number of carbonyl (C=O) groups excluding carboxylic acids is 4. The number of hydrogen-bond donors (Lipinski definition) is 3. The molecule has 2 amide bonds. The van der Waals surface area contributed by atoms with Gasteiger partial charge in [-0.15, -0.1) is 0 Å². The molecule has 3 N–H and O–H groups in total. The number of nitrogens with one attached hydrogen (secondary N) is 2. The number of benzene rings is 1. The van der Waals surface area contributed by atoms with Crippen LogP contribution in [0.4, 0.5) is 0 Å². The highest BCUT2D eigenvalue weighted by Crippen LogP contribution is 2.30. The molecular formula is C24H34N2O6S. The van der Waals surface area contributed by atoms with Gasteiger partial charge in [-0.05, 0) is 36.5 Å². The number of phenols is 1. The Labute approximate surface area is 199 Å². The van der Waals surface area contributed by atoms with Gasteiger partial charge >= 0.3 is 5.97 Å². The van der Waals surface area contributed by atoms with E-state index in [0.29, 0.717) is 12.8 Å². The van der Waals surface area contributed by atoms with E-state index in [9.17, 15) is 24.3 Å². The quantitative estimate of drug-likeness (QED) is 0.467. The lowest BCUT2D eigenvalue weighted by atomic mass is 9.80. The summed E-state index contributed by atoms with van der Waals surface area (Å²) >= 11 is 0.963. The molecule has 2 rings (SSSR count). The number of methoxy groups -OCH3 is 1. The minimum Gasteiger partial charge on any atom is -0.508 e. The molecule has 9 heteroatoms. The fraction of sp³-hybridized carbons (Fsp3) is 0.583. The van der Waals surface area contributed by atoms with Gasteiger partial charge in [0.05, 0.1) is 12.4 Å². The van der Waals surface area contributed by atoms with Gasteiger partial charge in [-0.25, -0.2) is 4.79 Å². The summed E-state index contributed by atoms with van der Waals surface area (Å²) in [5.74, 6) is -1.37. The zero-order valence-corrected chi connectivity index (χ0v) is 20.5. The van der Waals surface area contributed by atoms with E-state index >= 15 is 0 Å². The third-order valence-electron chi connectivity index (χ3n) is 5.83. The lowest BCUT2D eigenvalue weighted by Crippen LogP contribution is -2.63. The largest absolute Gasteiger partial charge is 0.508 e. The Morgan fingerprint density at radius 1 is 1.09 bits per heavy atom. The number of hydrogen-bond acceptors (Lipinski definition) is 7. The van der Waals surface area contributed by atoms with E-state index in [1.54, 1.807) is 12.1 Å². The van der Waals surface area contributed by atoms with Gasteiger partial charge in [-0.1, -0.05) is 57.0 Å². The molecule has 1 aromatic rings. The van der Waals surface area contributed by atoms with Crippen molar-refractivity contribution in [1.82, 2.24) is 10.6 Å². The fourth-order valence-corrected chi connectivity index (χ4v) is 4.84. The molecule has 0 radical (unpaired) electrons. The maximum absolute atomic E-state index is 13.5. The van der Waals surface area contributed by atoms with Crippen molar-refractivity contribution in [2.75, 3.05) is 7.11 Å². The van der Waals surface area contributed by atoms with Crippen LogP contribution in [0.3, 0.4) is 0 Å². The first kappa shape index (κ1) is 26.7. The maximum Gasteiger partial charge on any atom is 0.328 e. The Balaban J connectivity index is 2.24. The predicted octanol–water partition coefficient (Wildman–Crippen LogP) is 2.72. The van der Waals surface area contributed by atoms with Crippen LogP contribution in [0.25, 0.3) is 0 Å². The van der Waals surface area contributed by atoms with Crippen LogP contribution in [0.2, 0.25) is 0 Å². The van der Waals surface area contributed by atoms with Gasteiger partial charge in [0.1, 0.15) is 17.3 Å². The minimum atomic E-state index is -1.15. The summed E-state index contributed by atoms with van der Waals surface area (Å²) in [4.78, 5) is 50.7. The van der Waals surface area contributed by atoms with Crippen LogP contribution in [0, 0.1) is 5.92 Å². The first-order valence-corrected chi connectivity index (χ1v) is 12.1. The summed E-state index contributed by atoms with van der Waals surface area (Å²) in [6.45, 7) is 5.14. The van der Waals surface area contributed by atoms with Crippen molar-refractivity contribution in [1.29, 1.82) is 0 Å². The monoisotopic (exact) mass is 478 g/mol. The molecule has 8 nitrogen and oxygen atoms in total. The van der Waals surface area contributed by atoms with Crippen LogP contribution >= 0.6 is 11.8 Å². The highest BCUT2D eigenvalue weighted by Gasteiger charge is 2.44. The molecule has 1 aliphatic carbocycles. The molecule has 0 aromatic heterocycles. The number of carbonyl (C=O) groups is 4. The zero-order chi connectivity index (χ0) is 24.6. The number of esters is 1. The zero-order valence-electron chi connectivity index (χ0n) is 19.7. The van der Waals surface area contributed by atoms with Crippen molar-refractivity contribution in [3.63, 3.8) is 0 Å². The molecule has 1 aromatic carbocycles. The van der Waals surface area contributed by atoms with Crippen LogP contribution in [0.15, 0.2) is 24.3 Å². The Hall–Kier alpha value is -2.55. The third-order valence-corrected chi connectivity index (χ3v) is 7.17. The first-order valence-electron chi connectivity index (χ1n) is 11.2. The van der Waals surface area contributed by atoms with Crippen LogP contribution in [0.5, 0.6) is 5.75 Å². The first-order chi connectivity index (χ1) is 15.6. The van der Waals surface area contributed by atoms with Crippen molar-refractivity contribution in [2.45, 2.75) is 76.1 Å². The molecule has 0 bridgehead atoms. The third kappa shape index (κ3) is 7.48. The predicted molar refractivity (Wildman–Crippen MR) is 127 cm³/mol. The number of ether oxygens (including phenoxy) is 1. The molecule has 2 atom stereocenters. The molecule has 1 saturated carbocycles. The summed E-state index contributed by atoms with van der Waals surface area (Å²) in [6.07, 6.45) is 3.56. The standard InChI is InChI=1S/C24H34N2O6S/c1-15(2)20(33-16(3)27)21(29)26-24(12-6-5-7-13-24)23(31)25-19(22(30)32-4)14-17-8-10-18(28)11-9-17/h8-11,15,19-20,28H,5-7,12-14H2,1-4H3,(H,25,31)(H,26,29)/t19-,20-/m0/s1. The molecule has 0 aliphatic heterocycles. The Kier molecular flexibility index (Phi) is 9.76. The molecule has 33 heavy (non-hydrogen) atoms. The van der Waals surface area contributed by atoms with Crippen LogP contribution in [-0.4, -0.2) is 51.9 Å². The van der Waals surface area contributed by atoms with Crippen molar-refractivity contribution in [2.24, 2.45) is 5.92 Å². The van der Waals surface area contributed by atoms with Gasteiger partial charge in [0.15, 0.2) is 5.12 Å². The summed E-state index contributed by atoms with van der Waals surface area (Å²) in [5, 5.41) is 14.5. The van der Waals surface area contributed by atoms with Crippen LogP contribution < -0.4 is 10.6 Å². The van der Waals surface area contributed by atoms with Crippen molar-refractivity contribution in [3.05, 3.63) is 29.8 Å². The van der Waals surface area contributed by atoms with Crippen molar-refractivity contribution >= 4 is 34.7 Å². The molecule has 0 spiro atoms. The lowest BCUT2D eigenvalue weighted by molar-refractivity contribution is -0.146. The van der Waals surface area contributed by atoms with E-state index < -0.39 is 28.7 Å². The van der Waals surface area contributed by atoms with E-state index in [-0.39, 0.29) is 29.1 Å². The minimum absolute atomic E-state index is 0.0973. The molecule has 0 saturated heterocycles. The van der Waals surface area contributed by atoms with E-state index in [2.05, 4.69) is 10.6 Å². The van der Waals surface area contributed by atoms with Gasteiger partial charge < -0.3 is 20.5 Å². The SMILES string of the molecule is COC(=O)[C@H](Cc1ccc(O)cc1)NC(=O)C1(NC(=O)[C@@H](SC(C)=O)C(C)C)CCCCC1. The Morgan fingerprint density at radius 2 is 1.70 bits per heavy atom. The van der Waals surface area contributed by atoms with Gasteiger partial charge in [0, 0.05) is 13.3 Å². The number of amides is 2. The smallest absolute Gasteiger partial charge is 0.328 e. The summed E-state index contributed by atoms with van der Waals surface area (Å²) < 4.78 is 4.89. The second kappa shape index (κ2) is 12.1. The fourth-order valence-electron chi connectivity index (χ4n) is 4.04. The van der Waals surface area contributed by atoms with Gasteiger partial charge in [0.25, 0.3) is 0 Å².